The third-order valence-corrected chi connectivity index (χ3v) is 3.75. The molecule has 0 bridgehead atoms. The zero-order valence-electron chi connectivity index (χ0n) is 11.4. The summed E-state index contributed by atoms with van der Waals surface area (Å²) in [7, 11) is 0. The van der Waals surface area contributed by atoms with Crippen molar-refractivity contribution in [3.05, 3.63) is 29.8 Å². The second kappa shape index (κ2) is 5.33. The highest BCUT2D eigenvalue weighted by atomic mass is 19.1. The third kappa shape index (κ3) is 3.06. The summed E-state index contributed by atoms with van der Waals surface area (Å²) in [5, 5.41) is 3.55. The number of nitrogens with one attached hydrogen (secondary N) is 1. The predicted molar refractivity (Wildman–Crippen MR) is 70.8 cm³/mol. The molecule has 0 aliphatic carbocycles. The van der Waals surface area contributed by atoms with Crippen LogP contribution in [0.3, 0.4) is 0 Å². The van der Waals surface area contributed by atoms with Crippen molar-refractivity contribution in [2.24, 2.45) is 0 Å². The van der Waals surface area contributed by atoms with Gasteiger partial charge in [-0.1, -0.05) is 6.92 Å². The molecule has 100 valence electrons. The topological polar surface area (TPSA) is 28.2 Å². The van der Waals surface area contributed by atoms with Gasteiger partial charge in [0.05, 0.1) is 6.20 Å². The fourth-order valence-corrected chi connectivity index (χ4v) is 2.40. The van der Waals surface area contributed by atoms with Gasteiger partial charge in [0.1, 0.15) is 5.82 Å². The first-order valence-electron chi connectivity index (χ1n) is 6.59. The quantitative estimate of drug-likeness (QED) is 0.892. The molecule has 18 heavy (non-hydrogen) atoms. The molecule has 0 amide bonds. The van der Waals surface area contributed by atoms with Crippen LogP contribution in [0.4, 0.5) is 4.39 Å². The Kier molecular flexibility index (Phi) is 3.97. The molecular formula is C14H22FN3. The molecule has 1 aromatic rings. The number of hydrogen-bond donors (Lipinski definition) is 1. The highest BCUT2D eigenvalue weighted by Gasteiger charge is 2.33. The van der Waals surface area contributed by atoms with Gasteiger partial charge < -0.3 is 5.32 Å². The smallest absolute Gasteiger partial charge is 0.141 e. The predicted octanol–water partition coefficient (Wildman–Crippen LogP) is 2.18. The molecule has 1 unspecified atom stereocenters. The Balaban J connectivity index is 2.10. The van der Waals surface area contributed by atoms with E-state index in [1.165, 1.54) is 6.20 Å². The molecule has 1 atom stereocenters. The molecule has 1 aliphatic rings. The van der Waals surface area contributed by atoms with E-state index in [2.05, 4.69) is 36.0 Å². The summed E-state index contributed by atoms with van der Waals surface area (Å²) < 4.78 is 13.2. The van der Waals surface area contributed by atoms with Crippen molar-refractivity contribution in [2.75, 3.05) is 13.1 Å². The maximum Gasteiger partial charge on any atom is 0.141 e. The largest absolute Gasteiger partial charge is 0.311 e. The minimum atomic E-state index is -0.257. The lowest BCUT2D eigenvalue weighted by Gasteiger charge is -2.46. The minimum Gasteiger partial charge on any atom is -0.311 e. The van der Waals surface area contributed by atoms with Crippen LogP contribution in [0, 0.1) is 5.82 Å². The Morgan fingerprint density at radius 1 is 1.50 bits per heavy atom. The molecule has 1 fully saturated rings. The van der Waals surface area contributed by atoms with Crippen molar-refractivity contribution in [1.29, 1.82) is 0 Å². The lowest BCUT2D eigenvalue weighted by molar-refractivity contribution is 0.0575. The van der Waals surface area contributed by atoms with E-state index in [-0.39, 0.29) is 11.4 Å². The molecule has 2 heterocycles. The van der Waals surface area contributed by atoms with Gasteiger partial charge in [-0.05, 0) is 31.9 Å². The fraction of sp³-hybridized carbons (Fsp3) is 0.643. The maximum absolute atomic E-state index is 13.2. The van der Waals surface area contributed by atoms with E-state index in [1.54, 1.807) is 12.3 Å². The summed E-state index contributed by atoms with van der Waals surface area (Å²) in [6.45, 7) is 9.36. The van der Waals surface area contributed by atoms with Gasteiger partial charge in [-0.15, -0.1) is 0 Å². The van der Waals surface area contributed by atoms with Crippen LogP contribution in [-0.4, -0.2) is 34.6 Å². The SMILES string of the molecule is CCC1CN(Cc2cncc(F)c2)C(C)(C)CN1. The molecule has 4 heteroatoms. The summed E-state index contributed by atoms with van der Waals surface area (Å²) in [6.07, 6.45) is 4.12. The molecule has 0 radical (unpaired) electrons. The highest BCUT2D eigenvalue weighted by Crippen LogP contribution is 2.22. The van der Waals surface area contributed by atoms with Crippen LogP contribution in [0.5, 0.6) is 0 Å². The van der Waals surface area contributed by atoms with Crippen LogP contribution < -0.4 is 5.32 Å². The molecule has 2 rings (SSSR count). The first kappa shape index (κ1) is 13.4. The molecule has 0 spiro atoms. The van der Waals surface area contributed by atoms with E-state index in [0.717, 1.165) is 31.6 Å². The van der Waals surface area contributed by atoms with Gasteiger partial charge in [0.25, 0.3) is 0 Å². The fourth-order valence-electron chi connectivity index (χ4n) is 2.40. The molecule has 1 aliphatic heterocycles. The highest BCUT2D eigenvalue weighted by molar-refractivity contribution is 5.11. The molecule has 3 nitrogen and oxygen atoms in total. The molecule has 1 N–H and O–H groups in total. The summed E-state index contributed by atoms with van der Waals surface area (Å²) in [5.41, 5.74) is 1.04. The minimum absolute atomic E-state index is 0.0952. The first-order chi connectivity index (χ1) is 8.51. The Bertz CT molecular complexity index is 406. The zero-order valence-corrected chi connectivity index (χ0v) is 11.4. The van der Waals surface area contributed by atoms with Gasteiger partial charge in [-0.25, -0.2) is 4.39 Å². The van der Waals surface area contributed by atoms with Gasteiger partial charge in [0.15, 0.2) is 0 Å². The molecule has 0 saturated carbocycles. The number of rotatable bonds is 3. The monoisotopic (exact) mass is 251 g/mol. The van der Waals surface area contributed by atoms with Crippen LogP contribution in [-0.2, 0) is 6.54 Å². The standard InChI is InChI=1S/C14H22FN3/c1-4-13-9-18(14(2,3)10-17-13)8-11-5-12(15)7-16-6-11/h5-7,13,17H,4,8-10H2,1-3H3. The first-order valence-corrected chi connectivity index (χ1v) is 6.59. The number of hydrogen-bond acceptors (Lipinski definition) is 3. The number of nitrogens with zero attached hydrogens (tertiary/aromatic N) is 2. The van der Waals surface area contributed by atoms with Gasteiger partial charge in [-0.3, -0.25) is 9.88 Å². The Labute approximate surface area is 108 Å². The maximum atomic E-state index is 13.2. The second-order valence-corrected chi connectivity index (χ2v) is 5.69. The summed E-state index contributed by atoms with van der Waals surface area (Å²) in [5.74, 6) is -0.257. The summed E-state index contributed by atoms with van der Waals surface area (Å²) >= 11 is 0. The lowest BCUT2D eigenvalue weighted by atomic mass is 9.96. The third-order valence-electron chi connectivity index (χ3n) is 3.75. The van der Waals surface area contributed by atoms with Crippen LogP contribution in [0.25, 0.3) is 0 Å². The molecule has 1 aromatic heterocycles. The Morgan fingerprint density at radius 3 is 2.94 bits per heavy atom. The average Bonchev–Trinajstić information content (AvgIpc) is 2.32. The van der Waals surface area contributed by atoms with Gasteiger partial charge in [-0.2, -0.15) is 0 Å². The van der Waals surface area contributed by atoms with Crippen LogP contribution >= 0.6 is 0 Å². The van der Waals surface area contributed by atoms with E-state index >= 15 is 0 Å². The van der Waals surface area contributed by atoms with E-state index in [4.69, 9.17) is 0 Å². The Morgan fingerprint density at radius 2 is 2.28 bits per heavy atom. The van der Waals surface area contributed by atoms with Gasteiger partial charge in [0, 0.05) is 37.4 Å². The average molecular weight is 251 g/mol. The van der Waals surface area contributed by atoms with Crippen molar-refractivity contribution in [2.45, 2.75) is 45.3 Å². The van der Waals surface area contributed by atoms with Crippen LogP contribution in [0.2, 0.25) is 0 Å². The number of pyridine rings is 1. The number of aromatic nitrogens is 1. The van der Waals surface area contributed by atoms with Crippen molar-refractivity contribution in [1.82, 2.24) is 15.2 Å². The van der Waals surface area contributed by atoms with E-state index in [9.17, 15) is 4.39 Å². The molecule has 0 aromatic carbocycles. The summed E-state index contributed by atoms with van der Waals surface area (Å²) in [6, 6.07) is 2.10. The van der Waals surface area contributed by atoms with Crippen molar-refractivity contribution >= 4 is 0 Å². The number of piperazine rings is 1. The second-order valence-electron chi connectivity index (χ2n) is 5.69. The summed E-state index contributed by atoms with van der Waals surface area (Å²) in [4.78, 5) is 6.33. The Hall–Kier alpha value is -1.00. The van der Waals surface area contributed by atoms with Gasteiger partial charge >= 0.3 is 0 Å². The van der Waals surface area contributed by atoms with Crippen molar-refractivity contribution in [3.63, 3.8) is 0 Å². The van der Waals surface area contributed by atoms with Crippen LogP contribution in [0.1, 0.15) is 32.8 Å². The molecule has 1 saturated heterocycles. The van der Waals surface area contributed by atoms with E-state index in [1.807, 2.05) is 0 Å². The lowest BCUT2D eigenvalue weighted by Crippen LogP contribution is -2.61. The van der Waals surface area contributed by atoms with Gasteiger partial charge in [0.2, 0.25) is 0 Å². The van der Waals surface area contributed by atoms with Crippen molar-refractivity contribution < 1.29 is 4.39 Å². The zero-order chi connectivity index (χ0) is 13.2. The normalized spacial score (nSPS) is 24.1. The van der Waals surface area contributed by atoms with Crippen molar-refractivity contribution in [3.8, 4) is 0 Å². The molecular weight excluding hydrogens is 229 g/mol. The van der Waals surface area contributed by atoms with E-state index < -0.39 is 0 Å². The number of halogens is 1. The van der Waals surface area contributed by atoms with Crippen LogP contribution in [0.15, 0.2) is 18.5 Å². The van der Waals surface area contributed by atoms with E-state index in [0.29, 0.717) is 6.04 Å².